The van der Waals surface area contributed by atoms with Crippen LogP contribution in [0.1, 0.15) is 19.3 Å². The zero-order valence-corrected chi connectivity index (χ0v) is 12.0. The molecule has 0 saturated carbocycles. The SMILES string of the molecule is O=S1(=O)CCC(S(=O)(=O)N2CCCNCC2)CC1. The molecule has 106 valence electrons. The van der Waals surface area contributed by atoms with Gasteiger partial charge in [-0.25, -0.2) is 21.1 Å². The Morgan fingerprint density at radius 1 is 1.06 bits per heavy atom. The lowest BCUT2D eigenvalue weighted by Crippen LogP contribution is -2.43. The van der Waals surface area contributed by atoms with Crippen LogP contribution in [0.2, 0.25) is 0 Å². The number of sulfonamides is 1. The minimum atomic E-state index is -3.33. The Hall–Kier alpha value is -0.180. The van der Waals surface area contributed by atoms with Crippen LogP contribution in [0, 0.1) is 0 Å². The van der Waals surface area contributed by atoms with E-state index < -0.39 is 25.1 Å². The minimum absolute atomic E-state index is 0.00296. The Labute approximate surface area is 109 Å². The third-order valence-electron chi connectivity index (χ3n) is 3.58. The predicted octanol–water partition coefficient (Wildman–Crippen LogP) is -0.811. The molecule has 2 heterocycles. The molecule has 0 aliphatic carbocycles. The highest BCUT2D eigenvalue weighted by Gasteiger charge is 2.36. The lowest BCUT2D eigenvalue weighted by molar-refractivity contribution is 0.418. The highest BCUT2D eigenvalue weighted by atomic mass is 32.2. The lowest BCUT2D eigenvalue weighted by atomic mass is 10.2. The molecule has 0 radical (unpaired) electrons. The molecule has 2 fully saturated rings. The van der Waals surface area contributed by atoms with Crippen LogP contribution in [0.3, 0.4) is 0 Å². The summed E-state index contributed by atoms with van der Waals surface area (Å²) in [4.78, 5) is 0. The molecule has 1 N–H and O–H groups in total. The lowest BCUT2D eigenvalue weighted by Gasteiger charge is -2.28. The van der Waals surface area contributed by atoms with Crippen molar-refractivity contribution in [3.05, 3.63) is 0 Å². The van der Waals surface area contributed by atoms with Gasteiger partial charge < -0.3 is 5.32 Å². The maximum atomic E-state index is 12.4. The van der Waals surface area contributed by atoms with Crippen molar-refractivity contribution in [2.45, 2.75) is 24.5 Å². The van der Waals surface area contributed by atoms with Crippen molar-refractivity contribution >= 4 is 19.9 Å². The monoisotopic (exact) mass is 296 g/mol. The molecular formula is C10H20N2O4S2. The second-order valence-corrected chi connectivity index (χ2v) is 9.42. The standard InChI is InChI=1S/C10H20N2O4S2/c13-17(14)8-2-10(3-9-17)18(15,16)12-6-1-4-11-5-7-12/h10-11H,1-9H2. The number of hydrogen-bond donors (Lipinski definition) is 1. The van der Waals surface area contributed by atoms with Crippen LogP contribution in [0.15, 0.2) is 0 Å². The summed E-state index contributed by atoms with van der Waals surface area (Å²) in [6.07, 6.45) is 1.30. The molecule has 2 aliphatic heterocycles. The molecule has 0 aromatic rings. The summed E-state index contributed by atoms with van der Waals surface area (Å²) in [5, 5.41) is 2.65. The Morgan fingerprint density at radius 2 is 1.72 bits per heavy atom. The Morgan fingerprint density at radius 3 is 2.39 bits per heavy atom. The quantitative estimate of drug-likeness (QED) is 0.720. The first-order chi connectivity index (χ1) is 8.42. The highest BCUT2D eigenvalue weighted by Crippen LogP contribution is 2.22. The first-order valence-corrected chi connectivity index (χ1v) is 9.64. The van der Waals surface area contributed by atoms with Gasteiger partial charge in [0, 0.05) is 19.6 Å². The van der Waals surface area contributed by atoms with Crippen LogP contribution >= 0.6 is 0 Å². The largest absolute Gasteiger partial charge is 0.315 e. The summed E-state index contributed by atoms with van der Waals surface area (Å²) < 4.78 is 49.0. The van der Waals surface area contributed by atoms with Gasteiger partial charge in [-0.3, -0.25) is 0 Å². The van der Waals surface area contributed by atoms with Crippen molar-refractivity contribution < 1.29 is 16.8 Å². The van der Waals surface area contributed by atoms with Crippen LogP contribution in [0.4, 0.5) is 0 Å². The molecule has 0 unspecified atom stereocenters. The van der Waals surface area contributed by atoms with Gasteiger partial charge in [0.15, 0.2) is 0 Å². The van der Waals surface area contributed by atoms with Crippen LogP contribution in [-0.4, -0.2) is 64.1 Å². The van der Waals surface area contributed by atoms with E-state index in [0.29, 0.717) is 19.6 Å². The van der Waals surface area contributed by atoms with Crippen molar-refractivity contribution in [3.8, 4) is 0 Å². The number of sulfone groups is 1. The zero-order valence-electron chi connectivity index (χ0n) is 10.3. The van der Waals surface area contributed by atoms with Crippen molar-refractivity contribution in [2.75, 3.05) is 37.7 Å². The van der Waals surface area contributed by atoms with Gasteiger partial charge in [-0.15, -0.1) is 0 Å². The second-order valence-electron chi connectivity index (χ2n) is 4.90. The van der Waals surface area contributed by atoms with Gasteiger partial charge in [0.25, 0.3) is 0 Å². The number of rotatable bonds is 2. The average molecular weight is 296 g/mol. The highest BCUT2D eigenvalue weighted by molar-refractivity contribution is 7.92. The molecule has 0 spiro atoms. The van der Waals surface area contributed by atoms with E-state index in [1.54, 1.807) is 0 Å². The molecule has 2 saturated heterocycles. The fraction of sp³-hybridized carbons (Fsp3) is 1.00. The Bertz CT molecular complexity index is 464. The van der Waals surface area contributed by atoms with Crippen LogP contribution in [-0.2, 0) is 19.9 Å². The Kier molecular flexibility index (Phi) is 4.30. The molecule has 6 nitrogen and oxygen atoms in total. The van der Waals surface area contributed by atoms with Gasteiger partial charge in [0.2, 0.25) is 10.0 Å². The molecule has 0 bridgehead atoms. The maximum absolute atomic E-state index is 12.4. The van der Waals surface area contributed by atoms with Gasteiger partial charge in [-0.2, -0.15) is 0 Å². The zero-order chi connectivity index (χ0) is 13.2. The van der Waals surface area contributed by atoms with Gasteiger partial charge in [0.05, 0.1) is 16.8 Å². The minimum Gasteiger partial charge on any atom is -0.315 e. The van der Waals surface area contributed by atoms with E-state index in [1.165, 1.54) is 4.31 Å². The summed E-state index contributed by atoms with van der Waals surface area (Å²) in [6, 6.07) is 0. The van der Waals surface area contributed by atoms with Crippen LogP contribution < -0.4 is 5.32 Å². The molecule has 0 atom stereocenters. The summed E-state index contributed by atoms with van der Waals surface area (Å²) in [6.45, 7) is 2.54. The Balaban J connectivity index is 2.06. The fourth-order valence-corrected chi connectivity index (χ4v) is 6.22. The third kappa shape index (κ3) is 3.23. The molecule has 0 aromatic heterocycles. The fourth-order valence-electron chi connectivity index (χ4n) is 2.45. The summed E-state index contributed by atoms with van der Waals surface area (Å²) in [7, 11) is -6.34. The van der Waals surface area contributed by atoms with Crippen molar-refractivity contribution in [3.63, 3.8) is 0 Å². The van der Waals surface area contributed by atoms with Gasteiger partial charge in [-0.05, 0) is 25.8 Å². The van der Waals surface area contributed by atoms with E-state index in [2.05, 4.69) is 5.32 Å². The number of nitrogens with zero attached hydrogens (tertiary/aromatic N) is 1. The van der Waals surface area contributed by atoms with Gasteiger partial charge >= 0.3 is 0 Å². The van der Waals surface area contributed by atoms with Crippen molar-refractivity contribution in [2.24, 2.45) is 0 Å². The number of hydrogen-bond acceptors (Lipinski definition) is 5. The van der Waals surface area contributed by atoms with Crippen molar-refractivity contribution in [1.29, 1.82) is 0 Å². The third-order valence-corrected chi connectivity index (χ3v) is 7.70. The first kappa shape index (κ1) is 14.2. The van der Waals surface area contributed by atoms with E-state index in [1.807, 2.05) is 0 Å². The second kappa shape index (κ2) is 5.44. The van der Waals surface area contributed by atoms with E-state index in [-0.39, 0.29) is 24.3 Å². The number of nitrogens with one attached hydrogen (secondary N) is 1. The van der Waals surface area contributed by atoms with E-state index in [9.17, 15) is 16.8 Å². The summed E-state index contributed by atoms with van der Waals surface area (Å²) in [5.41, 5.74) is 0. The topological polar surface area (TPSA) is 83.5 Å². The van der Waals surface area contributed by atoms with Gasteiger partial charge in [-0.1, -0.05) is 0 Å². The molecule has 0 aromatic carbocycles. The van der Waals surface area contributed by atoms with Crippen molar-refractivity contribution in [1.82, 2.24) is 9.62 Å². The molecule has 2 rings (SSSR count). The average Bonchev–Trinajstić information content (AvgIpc) is 2.57. The molecule has 0 amide bonds. The molecular weight excluding hydrogens is 276 g/mol. The summed E-state index contributed by atoms with van der Waals surface area (Å²) >= 11 is 0. The van der Waals surface area contributed by atoms with E-state index in [0.717, 1.165) is 13.0 Å². The van der Waals surface area contributed by atoms with Crippen LogP contribution in [0.25, 0.3) is 0 Å². The van der Waals surface area contributed by atoms with Gasteiger partial charge in [0.1, 0.15) is 9.84 Å². The van der Waals surface area contributed by atoms with E-state index >= 15 is 0 Å². The van der Waals surface area contributed by atoms with E-state index in [4.69, 9.17) is 0 Å². The van der Waals surface area contributed by atoms with Crippen LogP contribution in [0.5, 0.6) is 0 Å². The molecule has 8 heteroatoms. The molecule has 2 aliphatic rings. The normalized spacial score (nSPS) is 27.8. The first-order valence-electron chi connectivity index (χ1n) is 6.32. The predicted molar refractivity (Wildman–Crippen MR) is 69.7 cm³/mol. The smallest absolute Gasteiger partial charge is 0.217 e. The molecule has 18 heavy (non-hydrogen) atoms. The maximum Gasteiger partial charge on any atom is 0.217 e. The summed E-state index contributed by atoms with van der Waals surface area (Å²) in [5.74, 6) is 0.00593.